The molecule has 2 aromatic rings. The van der Waals surface area contributed by atoms with Crippen LogP contribution < -0.4 is 14.8 Å². The van der Waals surface area contributed by atoms with Crippen molar-refractivity contribution in [1.29, 1.82) is 0 Å². The SMILES string of the molecule is COc1ccc(NCc2csc([N+](=O)[O-])c2)cc1OC. The number of nitro groups is 1. The van der Waals surface area contributed by atoms with Crippen LogP contribution in [0, 0.1) is 10.1 Å². The van der Waals surface area contributed by atoms with Crippen molar-refractivity contribution in [3.8, 4) is 11.5 Å². The molecule has 106 valence electrons. The van der Waals surface area contributed by atoms with E-state index in [1.165, 1.54) is 0 Å². The quantitative estimate of drug-likeness (QED) is 0.653. The maximum atomic E-state index is 10.6. The van der Waals surface area contributed by atoms with Crippen LogP contribution in [0.4, 0.5) is 10.7 Å². The van der Waals surface area contributed by atoms with Crippen molar-refractivity contribution in [2.45, 2.75) is 6.54 Å². The second-order valence-electron chi connectivity index (χ2n) is 3.97. The number of thiophene rings is 1. The van der Waals surface area contributed by atoms with Crippen molar-refractivity contribution in [2.24, 2.45) is 0 Å². The van der Waals surface area contributed by atoms with Gasteiger partial charge in [-0.05, 0) is 17.7 Å². The molecular weight excluding hydrogens is 280 g/mol. The van der Waals surface area contributed by atoms with Gasteiger partial charge in [0.25, 0.3) is 0 Å². The summed E-state index contributed by atoms with van der Waals surface area (Å²) in [5, 5.41) is 15.7. The average Bonchev–Trinajstić information content (AvgIpc) is 2.94. The molecule has 1 aromatic carbocycles. The van der Waals surface area contributed by atoms with Crippen molar-refractivity contribution >= 4 is 22.0 Å². The zero-order chi connectivity index (χ0) is 14.5. The van der Waals surface area contributed by atoms with Gasteiger partial charge in [0, 0.05) is 29.7 Å². The van der Waals surface area contributed by atoms with Gasteiger partial charge in [-0.2, -0.15) is 0 Å². The lowest BCUT2D eigenvalue weighted by molar-refractivity contribution is -0.380. The van der Waals surface area contributed by atoms with Gasteiger partial charge in [-0.1, -0.05) is 11.3 Å². The maximum absolute atomic E-state index is 10.6. The largest absolute Gasteiger partial charge is 0.493 e. The third-order valence-corrected chi connectivity index (χ3v) is 3.63. The standard InChI is InChI=1S/C13H14N2O4S/c1-18-11-4-3-10(6-12(11)19-2)14-7-9-5-13(15(16)17)20-8-9/h3-6,8,14H,7H2,1-2H3. The minimum absolute atomic E-state index is 0.147. The molecule has 0 unspecified atom stereocenters. The lowest BCUT2D eigenvalue weighted by Crippen LogP contribution is -1.99. The second kappa shape index (κ2) is 6.25. The van der Waals surface area contributed by atoms with Crippen molar-refractivity contribution in [3.63, 3.8) is 0 Å². The molecular formula is C13H14N2O4S. The summed E-state index contributed by atoms with van der Waals surface area (Å²) in [6.07, 6.45) is 0. The lowest BCUT2D eigenvalue weighted by Gasteiger charge is -2.10. The Hall–Kier alpha value is -2.28. The number of ether oxygens (including phenoxy) is 2. The number of nitrogens with zero attached hydrogens (tertiary/aromatic N) is 1. The number of hydrogen-bond acceptors (Lipinski definition) is 6. The summed E-state index contributed by atoms with van der Waals surface area (Å²) in [6, 6.07) is 7.05. The number of anilines is 1. The predicted molar refractivity (Wildman–Crippen MR) is 77.8 cm³/mol. The number of methoxy groups -OCH3 is 2. The smallest absolute Gasteiger partial charge is 0.324 e. The van der Waals surface area contributed by atoms with Gasteiger partial charge in [-0.25, -0.2) is 0 Å². The maximum Gasteiger partial charge on any atom is 0.324 e. The molecule has 6 nitrogen and oxygen atoms in total. The van der Waals surface area contributed by atoms with Crippen LogP contribution in [0.2, 0.25) is 0 Å². The Bertz CT molecular complexity index is 612. The summed E-state index contributed by atoms with van der Waals surface area (Å²) >= 11 is 1.12. The molecule has 0 amide bonds. The fourth-order valence-corrected chi connectivity index (χ4v) is 2.43. The molecule has 1 N–H and O–H groups in total. The zero-order valence-corrected chi connectivity index (χ0v) is 11.9. The van der Waals surface area contributed by atoms with Crippen molar-refractivity contribution in [3.05, 3.63) is 45.3 Å². The molecule has 0 spiro atoms. The van der Waals surface area contributed by atoms with E-state index in [1.54, 1.807) is 31.7 Å². The molecule has 0 fully saturated rings. The first-order chi connectivity index (χ1) is 9.63. The van der Waals surface area contributed by atoms with Crippen LogP contribution in [0.1, 0.15) is 5.56 Å². The van der Waals surface area contributed by atoms with Crippen molar-refractivity contribution in [1.82, 2.24) is 0 Å². The van der Waals surface area contributed by atoms with E-state index in [2.05, 4.69) is 5.32 Å². The number of hydrogen-bond donors (Lipinski definition) is 1. The number of benzene rings is 1. The number of nitrogens with one attached hydrogen (secondary N) is 1. The van der Waals surface area contributed by atoms with Crippen LogP contribution in [0.5, 0.6) is 11.5 Å². The van der Waals surface area contributed by atoms with E-state index >= 15 is 0 Å². The van der Waals surface area contributed by atoms with Crippen LogP contribution in [-0.2, 0) is 6.54 Å². The monoisotopic (exact) mass is 294 g/mol. The fourth-order valence-electron chi connectivity index (χ4n) is 1.70. The second-order valence-corrected chi connectivity index (χ2v) is 4.86. The first-order valence-electron chi connectivity index (χ1n) is 5.81. The van der Waals surface area contributed by atoms with Gasteiger partial charge in [0.05, 0.1) is 19.1 Å². The van der Waals surface area contributed by atoms with E-state index in [9.17, 15) is 10.1 Å². The van der Waals surface area contributed by atoms with E-state index in [-0.39, 0.29) is 9.92 Å². The van der Waals surface area contributed by atoms with Gasteiger partial charge in [0.1, 0.15) is 0 Å². The topological polar surface area (TPSA) is 73.6 Å². The van der Waals surface area contributed by atoms with Crippen LogP contribution >= 0.6 is 11.3 Å². The minimum atomic E-state index is -0.384. The first-order valence-corrected chi connectivity index (χ1v) is 6.69. The summed E-state index contributed by atoms with van der Waals surface area (Å²) in [5.41, 5.74) is 1.73. The fraction of sp³-hybridized carbons (Fsp3) is 0.231. The van der Waals surface area contributed by atoms with Crippen LogP contribution in [0.25, 0.3) is 0 Å². The molecule has 0 radical (unpaired) electrons. The van der Waals surface area contributed by atoms with Crippen molar-refractivity contribution < 1.29 is 14.4 Å². The van der Waals surface area contributed by atoms with Crippen LogP contribution in [0.15, 0.2) is 29.6 Å². The van der Waals surface area contributed by atoms with Crippen molar-refractivity contribution in [2.75, 3.05) is 19.5 Å². The third-order valence-electron chi connectivity index (χ3n) is 2.70. The van der Waals surface area contributed by atoms with E-state index < -0.39 is 0 Å². The van der Waals surface area contributed by atoms with Gasteiger partial charge in [-0.15, -0.1) is 0 Å². The minimum Gasteiger partial charge on any atom is -0.493 e. The molecule has 20 heavy (non-hydrogen) atoms. The molecule has 1 heterocycles. The van der Waals surface area contributed by atoms with Gasteiger partial charge in [-0.3, -0.25) is 10.1 Å². The Morgan fingerprint density at radius 2 is 2.00 bits per heavy atom. The summed E-state index contributed by atoms with van der Waals surface area (Å²) in [7, 11) is 3.15. The molecule has 0 saturated heterocycles. The Morgan fingerprint density at radius 1 is 1.25 bits per heavy atom. The van der Waals surface area contributed by atoms with E-state index in [0.717, 1.165) is 22.6 Å². The predicted octanol–water partition coefficient (Wildman–Crippen LogP) is 3.29. The molecule has 0 atom stereocenters. The highest BCUT2D eigenvalue weighted by Crippen LogP contribution is 2.30. The number of rotatable bonds is 6. The molecule has 0 aliphatic carbocycles. The summed E-state index contributed by atoms with van der Waals surface area (Å²) < 4.78 is 10.4. The van der Waals surface area contributed by atoms with E-state index in [4.69, 9.17) is 9.47 Å². The van der Waals surface area contributed by atoms with E-state index in [1.807, 2.05) is 12.1 Å². The molecule has 0 aliphatic rings. The summed E-state index contributed by atoms with van der Waals surface area (Å²) in [5.74, 6) is 1.29. The molecule has 0 aliphatic heterocycles. The molecule has 7 heteroatoms. The van der Waals surface area contributed by atoms with E-state index in [0.29, 0.717) is 18.0 Å². The van der Waals surface area contributed by atoms with Gasteiger partial charge >= 0.3 is 5.00 Å². The van der Waals surface area contributed by atoms with Gasteiger partial charge in [0.2, 0.25) is 0 Å². The highest BCUT2D eigenvalue weighted by atomic mass is 32.1. The Morgan fingerprint density at radius 3 is 2.60 bits per heavy atom. The summed E-state index contributed by atoms with van der Waals surface area (Å²) in [6.45, 7) is 0.514. The molecule has 0 bridgehead atoms. The van der Waals surface area contributed by atoms with Crippen LogP contribution in [0.3, 0.4) is 0 Å². The normalized spacial score (nSPS) is 10.1. The Labute approximate surface area is 120 Å². The summed E-state index contributed by atoms with van der Waals surface area (Å²) in [4.78, 5) is 10.2. The third kappa shape index (κ3) is 3.18. The molecule has 1 aromatic heterocycles. The first kappa shape index (κ1) is 14.1. The molecule has 0 saturated carbocycles. The highest BCUT2D eigenvalue weighted by Gasteiger charge is 2.09. The highest BCUT2D eigenvalue weighted by molar-refractivity contribution is 7.13. The van der Waals surface area contributed by atoms with Gasteiger partial charge < -0.3 is 14.8 Å². The average molecular weight is 294 g/mol. The van der Waals surface area contributed by atoms with Crippen LogP contribution in [-0.4, -0.2) is 19.1 Å². The Kier molecular flexibility index (Phi) is 4.41. The zero-order valence-electron chi connectivity index (χ0n) is 11.1. The Balaban J connectivity index is 2.04. The molecule has 2 rings (SSSR count). The van der Waals surface area contributed by atoms with Gasteiger partial charge in [0.15, 0.2) is 11.5 Å². The lowest BCUT2D eigenvalue weighted by atomic mass is 10.2.